The molecule has 1 aliphatic rings. The Hall–Kier alpha value is -0.120. The van der Waals surface area contributed by atoms with Gasteiger partial charge in [-0.2, -0.15) is 0 Å². The van der Waals surface area contributed by atoms with Crippen molar-refractivity contribution in [3.63, 3.8) is 0 Å². The molecule has 0 aromatic carbocycles. The standard InChI is InChI=1S/C8H18N2O/c1-3-10(2)6-8-4-5-9-7-11-8/h8-9H,3-7H2,1-2H3. The molecule has 0 aromatic heterocycles. The summed E-state index contributed by atoms with van der Waals surface area (Å²) >= 11 is 0. The van der Waals surface area contributed by atoms with E-state index in [1.165, 1.54) is 0 Å². The second-order valence-corrected chi connectivity index (χ2v) is 3.08. The summed E-state index contributed by atoms with van der Waals surface area (Å²) in [7, 11) is 2.13. The summed E-state index contributed by atoms with van der Waals surface area (Å²) in [6, 6.07) is 0. The van der Waals surface area contributed by atoms with E-state index >= 15 is 0 Å². The molecule has 0 spiro atoms. The van der Waals surface area contributed by atoms with Gasteiger partial charge in [0.15, 0.2) is 0 Å². The second-order valence-electron chi connectivity index (χ2n) is 3.08. The lowest BCUT2D eigenvalue weighted by Gasteiger charge is -2.27. The number of hydrogen-bond donors (Lipinski definition) is 1. The fourth-order valence-electron chi connectivity index (χ4n) is 1.22. The highest BCUT2D eigenvalue weighted by molar-refractivity contribution is 4.66. The molecule has 1 saturated heterocycles. The molecule has 1 aliphatic heterocycles. The minimum Gasteiger partial charge on any atom is -0.362 e. The van der Waals surface area contributed by atoms with Crippen molar-refractivity contribution < 1.29 is 4.74 Å². The highest BCUT2D eigenvalue weighted by Crippen LogP contribution is 2.03. The molecular weight excluding hydrogens is 140 g/mol. The molecule has 0 amide bonds. The van der Waals surface area contributed by atoms with E-state index in [0.29, 0.717) is 6.10 Å². The van der Waals surface area contributed by atoms with Crippen molar-refractivity contribution in [3.8, 4) is 0 Å². The van der Waals surface area contributed by atoms with Gasteiger partial charge in [0.2, 0.25) is 0 Å². The normalized spacial score (nSPS) is 25.9. The molecule has 1 N–H and O–H groups in total. The van der Waals surface area contributed by atoms with Crippen molar-refractivity contribution in [2.75, 3.05) is 33.4 Å². The molecule has 3 heteroatoms. The first kappa shape index (κ1) is 8.97. The van der Waals surface area contributed by atoms with Crippen LogP contribution >= 0.6 is 0 Å². The molecule has 0 radical (unpaired) electrons. The average molecular weight is 158 g/mol. The van der Waals surface area contributed by atoms with Gasteiger partial charge < -0.3 is 9.64 Å². The first-order chi connectivity index (χ1) is 5.33. The maximum atomic E-state index is 5.50. The Labute approximate surface area is 68.7 Å². The van der Waals surface area contributed by atoms with Crippen LogP contribution in [0.25, 0.3) is 0 Å². The number of rotatable bonds is 3. The maximum absolute atomic E-state index is 5.50. The van der Waals surface area contributed by atoms with Crippen LogP contribution in [0.3, 0.4) is 0 Å². The summed E-state index contributed by atoms with van der Waals surface area (Å²) in [6.07, 6.45) is 1.59. The lowest BCUT2D eigenvalue weighted by molar-refractivity contribution is -0.00822. The van der Waals surface area contributed by atoms with Crippen LogP contribution in [0, 0.1) is 0 Å². The summed E-state index contributed by atoms with van der Waals surface area (Å²) in [5.41, 5.74) is 0. The number of nitrogens with one attached hydrogen (secondary N) is 1. The van der Waals surface area contributed by atoms with Crippen molar-refractivity contribution in [3.05, 3.63) is 0 Å². The van der Waals surface area contributed by atoms with Crippen molar-refractivity contribution in [1.82, 2.24) is 10.2 Å². The van der Waals surface area contributed by atoms with E-state index < -0.39 is 0 Å². The van der Waals surface area contributed by atoms with Gasteiger partial charge in [-0.15, -0.1) is 0 Å². The van der Waals surface area contributed by atoms with Gasteiger partial charge in [0.25, 0.3) is 0 Å². The molecule has 0 aliphatic carbocycles. The minimum atomic E-state index is 0.446. The maximum Gasteiger partial charge on any atom is 0.0969 e. The number of hydrogen-bond acceptors (Lipinski definition) is 3. The molecule has 0 aromatic rings. The predicted molar refractivity (Wildman–Crippen MR) is 45.5 cm³/mol. The predicted octanol–water partition coefficient (Wildman–Crippen LogP) is 0.274. The monoisotopic (exact) mass is 158 g/mol. The summed E-state index contributed by atoms with van der Waals surface area (Å²) in [5, 5.41) is 3.17. The molecule has 1 atom stereocenters. The third-order valence-electron chi connectivity index (χ3n) is 2.12. The van der Waals surface area contributed by atoms with Crippen molar-refractivity contribution in [2.24, 2.45) is 0 Å². The molecule has 0 saturated carbocycles. The van der Waals surface area contributed by atoms with Gasteiger partial charge in [-0.05, 0) is 26.6 Å². The van der Waals surface area contributed by atoms with Gasteiger partial charge in [0.1, 0.15) is 0 Å². The first-order valence-electron chi connectivity index (χ1n) is 4.33. The Morgan fingerprint density at radius 1 is 1.64 bits per heavy atom. The van der Waals surface area contributed by atoms with E-state index in [0.717, 1.165) is 32.8 Å². The molecule has 0 bridgehead atoms. The first-order valence-corrected chi connectivity index (χ1v) is 4.33. The number of ether oxygens (including phenoxy) is 1. The molecule has 3 nitrogen and oxygen atoms in total. The Morgan fingerprint density at radius 3 is 3.00 bits per heavy atom. The van der Waals surface area contributed by atoms with E-state index in [2.05, 4.69) is 24.2 Å². The van der Waals surface area contributed by atoms with Crippen LogP contribution in [-0.2, 0) is 4.74 Å². The van der Waals surface area contributed by atoms with E-state index in [1.54, 1.807) is 0 Å². The van der Waals surface area contributed by atoms with Gasteiger partial charge >= 0.3 is 0 Å². The zero-order valence-corrected chi connectivity index (χ0v) is 7.47. The quantitative estimate of drug-likeness (QED) is 0.638. The Morgan fingerprint density at radius 2 is 2.45 bits per heavy atom. The molecule has 1 rings (SSSR count). The van der Waals surface area contributed by atoms with E-state index in [-0.39, 0.29) is 0 Å². The minimum absolute atomic E-state index is 0.446. The lowest BCUT2D eigenvalue weighted by Crippen LogP contribution is -2.39. The number of nitrogens with zero attached hydrogens (tertiary/aromatic N) is 1. The van der Waals surface area contributed by atoms with Gasteiger partial charge in [0, 0.05) is 6.54 Å². The lowest BCUT2D eigenvalue weighted by atomic mass is 10.2. The fourth-order valence-corrected chi connectivity index (χ4v) is 1.22. The van der Waals surface area contributed by atoms with E-state index in [4.69, 9.17) is 4.74 Å². The molecule has 1 unspecified atom stereocenters. The highest BCUT2D eigenvalue weighted by atomic mass is 16.5. The van der Waals surface area contributed by atoms with Crippen LogP contribution < -0.4 is 5.32 Å². The SMILES string of the molecule is CCN(C)CC1CCNCO1. The third kappa shape index (κ3) is 3.18. The van der Waals surface area contributed by atoms with Gasteiger partial charge in [-0.3, -0.25) is 5.32 Å². The van der Waals surface area contributed by atoms with Crippen LogP contribution in [-0.4, -0.2) is 44.4 Å². The summed E-state index contributed by atoms with van der Waals surface area (Å²) < 4.78 is 5.50. The van der Waals surface area contributed by atoms with E-state index in [9.17, 15) is 0 Å². The molecular formula is C8H18N2O. The van der Waals surface area contributed by atoms with Crippen LogP contribution in [0.2, 0.25) is 0 Å². The van der Waals surface area contributed by atoms with Crippen molar-refractivity contribution in [2.45, 2.75) is 19.4 Å². The molecule has 1 fully saturated rings. The van der Waals surface area contributed by atoms with Gasteiger partial charge in [-0.25, -0.2) is 0 Å². The summed E-state index contributed by atoms with van der Waals surface area (Å²) in [4.78, 5) is 2.29. The van der Waals surface area contributed by atoms with Crippen LogP contribution in [0.4, 0.5) is 0 Å². The number of likely N-dealkylation sites (N-methyl/N-ethyl adjacent to an activating group) is 1. The topological polar surface area (TPSA) is 24.5 Å². The molecule has 1 heterocycles. The Kier molecular flexibility index (Phi) is 3.83. The highest BCUT2D eigenvalue weighted by Gasteiger charge is 2.14. The second kappa shape index (κ2) is 4.70. The summed E-state index contributed by atoms with van der Waals surface area (Å²) in [5.74, 6) is 0. The fraction of sp³-hybridized carbons (Fsp3) is 1.00. The average Bonchev–Trinajstić information content (AvgIpc) is 2.06. The van der Waals surface area contributed by atoms with Crippen molar-refractivity contribution >= 4 is 0 Å². The van der Waals surface area contributed by atoms with E-state index in [1.807, 2.05) is 0 Å². The van der Waals surface area contributed by atoms with Gasteiger partial charge in [0.05, 0.1) is 12.8 Å². The van der Waals surface area contributed by atoms with Crippen LogP contribution in [0.5, 0.6) is 0 Å². The smallest absolute Gasteiger partial charge is 0.0969 e. The largest absolute Gasteiger partial charge is 0.362 e. The molecule has 11 heavy (non-hydrogen) atoms. The zero-order valence-electron chi connectivity index (χ0n) is 7.47. The van der Waals surface area contributed by atoms with Crippen LogP contribution in [0.15, 0.2) is 0 Å². The van der Waals surface area contributed by atoms with Crippen molar-refractivity contribution in [1.29, 1.82) is 0 Å². The third-order valence-corrected chi connectivity index (χ3v) is 2.12. The Balaban J connectivity index is 2.13. The Bertz CT molecular complexity index is 102. The molecule has 66 valence electrons. The van der Waals surface area contributed by atoms with Gasteiger partial charge in [-0.1, -0.05) is 6.92 Å². The summed E-state index contributed by atoms with van der Waals surface area (Å²) in [6.45, 7) is 6.16. The zero-order chi connectivity index (χ0) is 8.10. The van der Waals surface area contributed by atoms with Crippen LogP contribution in [0.1, 0.15) is 13.3 Å².